The van der Waals surface area contributed by atoms with Crippen molar-refractivity contribution in [3.63, 3.8) is 0 Å². The van der Waals surface area contributed by atoms with Gasteiger partial charge in [-0.05, 0) is 20.0 Å². The van der Waals surface area contributed by atoms with Crippen LogP contribution in [0.15, 0.2) is 0 Å². The summed E-state index contributed by atoms with van der Waals surface area (Å²) in [7, 11) is 2.20. The van der Waals surface area contributed by atoms with Gasteiger partial charge in [0.15, 0.2) is 0 Å². The summed E-state index contributed by atoms with van der Waals surface area (Å²) >= 11 is 2.00. The molecule has 1 unspecified atom stereocenters. The highest BCUT2D eigenvalue weighted by Gasteiger charge is 2.15. The Labute approximate surface area is 73.7 Å². The molecule has 0 radical (unpaired) electrons. The number of thioether (sulfide) groups is 1. The quantitative estimate of drug-likeness (QED) is 0.684. The van der Waals surface area contributed by atoms with Crippen molar-refractivity contribution >= 4 is 11.8 Å². The lowest BCUT2D eigenvalue weighted by Gasteiger charge is -2.19. The largest absolute Gasteiger partial charge is 0.305 e. The van der Waals surface area contributed by atoms with Gasteiger partial charge in [0.2, 0.25) is 0 Å². The summed E-state index contributed by atoms with van der Waals surface area (Å²) in [4.78, 5) is 2.41. The molecule has 0 aromatic carbocycles. The Kier molecular flexibility index (Phi) is 4.26. The lowest BCUT2D eigenvalue weighted by atomic mass is 10.3. The average molecular weight is 174 g/mol. The summed E-state index contributed by atoms with van der Waals surface area (Å²) in [6, 6.07) is 0.733. The van der Waals surface area contributed by atoms with E-state index in [1.807, 2.05) is 11.8 Å². The molecule has 0 aliphatic carbocycles. The number of hydrogen-bond donors (Lipinski definition) is 1. The fourth-order valence-electron chi connectivity index (χ4n) is 1.40. The minimum atomic E-state index is 0.733. The first-order valence-corrected chi connectivity index (χ1v) is 5.48. The smallest absolute Gasteiger partial charge is 0.0421 e. The normalized spacial score (nSPS) is 24.8. The summed E-state index contributed by atoms with van der Waals surface area (Å²) in [5.74, 6) is 2.43. The highest BCUT2D eigenvalue weighted by molar-refractivity contribution is 7.99. The molecule has 1 N–H and O–H groups in total. The molecule has 11 heavy (non-hydrogen) atoms. The number of hydrogen-bond acceptors (Lipinski definition) is 3. The molecular formula is C8H18N2S. The molecule has 1 saturated heterocycles. The summed E-state index contributed by atoms with van der Waals surface area (Å²) in [5, 5.41) is 3.47. The molecule has 1 aliphatic heterocycles. The molecule has 1 heterocycles. The van der Waals surface area contributed by atoms with E-state index in [0.717, 1.165) is 11.9 Å². The SMILES string of the molecule is CCCN(C)CC1CSCN1. The van der Waals surface area contributed by atoms with Gasteiger partial charge in [0.25, 0.3) is 0 Å². The van der Waals surface area contributed by atoms with Crippen LogP contribution in [0.25, 0.3) is 0 Å². The van der Waals surface area contributed by atoms with Gasteiger partial charge in [-0.15, -0.1) is 11.8 Å². The molecule has 0 aromatic rings. The van der Waals surface area contributed by atoms with Crippen LogP contribution in [0.3, 0.4) is 0 Å². The van der Waals surface area contributed by atoms with Crippen LogP contribution >= 0.6 is 11.8 Å². The second-order valence-corrected chi connectivity index (χ2v) is 4.21. The number of nitrogens with zero attached hydrogens (tertiary/aromatic N) is 1. The highest BCUT2D eigenvalue weighted by Crippen LogP contribution is 2.09. The molecule has 1 fully saturated rings. The first-order chi connectivity index (χ1) is 5.33. The summed E-state index contributed by atoms with van der Waals surface area (Å²) < 4.78 is 0. The topological polar surface area (TPSA) is 15.3 Å². The van der Waals surface area contributed by atoms with E-state index in [0.29, 0.717) is 0 Å². The molecule has 1 aliphatic rings. The molecule has 0 spiro atoms. The zero-order chi connectivity index (χ0) is 8.10. The van der Waals surface area contributed by atoms with Crippen LogP contribution in [-0.4, -0.2) is 42.7 Å². The summed E-state index contributed by atoms with van der Waals surface area (Å²) in [5.41, 5.74) is 0. The Morgan fingerprint density at radius 2 is 2.45 bits per heavy atom. The molecule has 0 bridgehead atoms. The monoisotopic (exact) mass is 174 g/mol. The Morgan fingerprint density at radius 3 is 3.00 bits per heavy atom. The van der Waals surface area contributed by atoms with Crippen molar-refractivity contribution < 1.29 is 0 Å². The third-order valence-electron chi connectivity index (χ3n) is 1.93. The maximum absolute atomic E-state index is 3.47. The van der Waals surface area contributed by atoms with E-state index in [1.54, 1.807) is 0 Å². The zero-order valence-electron chi connectivity index (χ0n) is 7.47. The van der Waals surface area contributed by atoms with Crippen LogP contribution in [0.2, 0.25) is 0 Å². The van der Waals surface area contributed by atoms with Crippen LogP contribution in [0.5, 0.6) is 0 Å². The van der Waals surface area contributed by atoms with Crippen molar-refractivity contribution in [1.29, 1.82) is 0 Å². The third-order valence-corrected chi connectivity index (χ3v) is 2.94. The lowest BCUT2D eigenvalue weighted by Crippen LogP contribution is -2.37. The fraction of sp³-hybridized carbons (Fsp3) is 1.00. The Balaban J connectivity index is 2.08. The molecular weight excluding hydrogens is 156 g/mol. The Bertz CT molecular complexity index is 102. The van der Waals surface area contributed by atoms with Crippen molar-refractivity contribution in [3.05, 3.63) is 0 Å². The van der Waals surface area contributed by atoms with Gasteiger partial charge in [0, 0.05) is 24.2 Å². The van der Waals surface area contributed by atoms with Gasteiger partial charge in [-0.1, -0.05) is 6.92 Å². The van der Waals surface area contributed by atoms with Gasteiger partial charge in [-0.2, -0.15) is 0 Å². The number of nitrogens with one attached hydrogen (secondary N) is 1. The van der Waals surface area contributed by atoms with Crippen LogP contribution in [0.4, 0.5) is 0 Å². The second-order valence-electron chi connectivity index (χ2n) is 3.18. The van der Waals surface area contributed by atoms with Crippen LogP contribution in [0.1, 0.15) is 13.3 Å². The van der Waals surface area contributed by atoms with E-state index in [1.165, 1.54) is 25.3 Å². The molecule has 0 amide bonds. The van der Waals surface area contributed by atoms with Crippen LogP contribution in [-0.2, 0) is 0 Å². The van der Waals surface area contributed by atoms with Crippen LogP contribution in [0, 0.1) is 0 Å². The first-order valence-electron chi connectivity index (χ1n) is 4.32. The molecule has 0 saturated carbocycles. The van der Waals surface area contributed by atoms with E-state index < -0.39 is 0 Å². The average Bonchev–Trinajstić information content (AvgIpc) is 2.40. The first kappa shape index (κ1) is 9.36. The zero-order valence-corrected chi connectivity index (χ0v) is 8.28. The van der Waals surface area contributed by atoms with Gasteiger partial charge in [-0.25, -0.2) is 0 Å². The second kappa shape index (κ2) is 5.01. The third kappa shape index (κ3) is 3.45. The minimum absolute atomic E-state index is 0.733. The van der Waals surface area contributed by atoms with Crippen molar-refractivity contribution in [2.24, 2.45) is 0 Å². The molecule has 66 valence electrons. The molecule has 1 atom stereocenters. The molecule has 0 aromatic heterocycles. The fourth-order valence-corrected chi connectivity index (χ4v) is 2.38. The maximum Gasteiger partial charge on any atom is 0.0421 e. The number of likely N-dealkylation sites (N-methyl/N-ethyl adjacent to an activating group) is 1. The van der Waals surface area contributed by atoms with Gasteiger partial charge in [0.05, 0.1) is 0 Å². The van der Waals surface area contributed by atoms with Crippen molar-refractivity contribution in [2.75, 3.05) is 31.8 Å². The van der Waals surface area contributed by atoms with Gasteiger partial charge >= 0.3 is 0 Å². The molecule has 3 heteroatoms. The highest BCUT2D eigenvalue weighted by atomic mass is 32.2. The van der Waals surface area contributed by atoms with Gasteiger partial charge in [0.1, 0.15) is 0 Å². The summed E-state index contributed by atoms with van der Waals surface area (Å²) in [6.45, 7) is 4.66. The Morgan fingerprint density at radius 1 is 1.64 bits per heavy atom. The molecule has 1 rings (SSSR count). The predicted octanol–water partition coefficient (Wildman–Crippen LogP) is 0.991. The van der Waals surface area contributed by atoms with Crippen molar-refractivity contribution in [2.45, 2.75) is 19.4 Å². The number of rotatable bonds is 4. The Hall–Kier alpha value is 0.270. The maximum atomic E-state index is 3.47. The standard InChI is InChI=1S/C8H18N2S/c1-3-4-10(2)5-8-6-11-7-9-8/h8-9H,3-7H2,1-2H3. The van der Waals surface area contributed by atoms with Crippen molar-refractivity contribution in [3.8, 4) is 0 Å². The van der Waals surface area contributed by atoms with E-state index in [4.69, 9.17) is 0 Å². The van der Waals surface area contributed by atoms with E-state index in [2.05, 4.69) is 24.2 Å². The van der Waals surface area contributed by atoms with E-state index in [9.17, 15) is 0 Å². The summed E-state index contributed by atoms with van der Waals surface area (Å²) in [6.07, 6.45) is 1.26. The van der Waals surface area contributed by atoms with Crippen LogP contribution < -0.4 is 5.32 Å². The lowest BCUT2D eigenvalue weighted by molar-refractivity contribution is 0.307. The predicted molar refractivity (Wildman–Crippen MR) is 52.0 cm³/mol. The minimum Gasteiger partial charge on any atom is -0.305 e. The van der Waals surface area contributed by atoms with E-state index >= 15 is 0 Å². The van der Waals surface area contributed by atoms with Gasteiger partial charge in [-0.3, -0.25) is 0 Å². The molecule has 2 nitrogen and oxygen atoms in total. The van der Waals surface area contributed by atoms with E-state index in [-0.39, 0.29) is 0 Å². The van der Waals surface area contributed by atoms with Crippen molar-refractivity contribution in [1.82, 2.24) is 10.2 Å². The van der Waals surface area contributed by atoms with Gasteiger partial charge < -0.3 is 10.2 Å².